The van der Waals surface area contributed by atoms with E-state index in [-0.39, 0.29) is 18.6 Å². The number of carbonyl (C=O) groups is 1. The zero-order valence-corrected chi connectivity index (χ0v) is 11.3. The highest BCUT2D eigenvalue weighted by atomic mass is 16.3. The number of amides is 1. The van der Waals surface area contributed by atoms with Crippen LogP contribution in [-0.2, 0) is 4.79 Å². The minimum Gasteiger partial charge on any atom is -0.395 e. The van der Waals surface area contributed by atoms with Crippen molar-refractivity contribution < 1.29 is 9.90 Å². The molecule has 0 heterocycles. The summed E-state index contributed by atoms with van der Waals surface area (Å²) in [6.45, 7) is 6.82. The van der Waals surface area contributed by atoms with Gasteiger partial charge in [0.1, 0.15) is 0 Å². The SMILES string of the molecule is CCCC(C(=O)NN)N(CCO)C(CC)CC. The van der Waals surface area contributed by atoms with E-state index < -0.39 is 0 Å². The number of carbonyl (C=O) groups excluding carboxylic acids is 1. The van der Waals surface area contributed by atoms with Gasteiger partial charge in [0.15, 0.2) is 0 Å². The molecule has 0 aromatic heterocycles. The molecule has 102 valence electrons. The van der Waals surface area contributed by atoms with Crippen LogP contribution in [0.25, 0.3) is 0 Å². The van der Waals surface area contributed by atoms with Gasteiger partial charge >= 0.3 is 0 Å². The number of hydrazine groups is 1. The van der Waals surface area contributed by atoms with Crippen LogP contribution in [0, 0.1) is 0 Å². The third-order valence-corrected chi connectivity index (χ3v) is 3.18. The molecule has 4 N–H and O–H groups in total. The first-order valence-corrected chi connectivity index (χ1v) is 6.53. The van der Waals surface area contributed by atoms with Crippen molar-refractivity contribution in [2.24, 2.45) is 5.84 Å². The molecule has 1 amide bonds. The summed E-state index contributed by atoms with van der Waals surface area (Å²) in [6.07, 6.45) is 3.61. The first kappa shape index (κ1) is 16.4. The molecule has 17 heavy (non-hydrogen) atoms. The van der Waals surface area contributed by atoms with Crippen molar-refractivity contribution in [3.63, 3.8) is 0 Å². The third kappa shape index (κ3) is 5.02. The molecule has 1 unspecified atom stereocenters. The van der Waals surface area contributed by atoms with Crippen LogP contribution in [0.5, 0.6) is 0 Å². The van der Waals surface area contributed by atoms with Gasteiger partial charge in [0.25, 0.3) is 5.91 Å². The van der Waals surface area contributed by atoms with Gasteiger partial charge < -0.3 is 5.11 Å². The summed E-state index contributed by atoms with van der Waals surface area (Å²) < 4.78 is 0. The molecule has 0 aliphatic carbocycles. The Balaban J connectivity index is 4.85. The molecule has 0 saturated carbocycles. The highest BCUT2D eigenvalue weighted by Crippen LogP contribution is 2.16. The molecule has 0 aromatic rings. The number of hydrogen-bond donors (Lipinski definition) is 3. The lowest BCUT2D eigenvalue weighted by atomic mass is 10.0. The van der Waals surface area contributed by atoms with Crippen LogP contribution in [0.3, 0.4) is 0 Å². The maximum Gasteiger partial charge on any atom is 0.251 e. The Kier molecular flexibility index (Phi) is 9.03. The smallest absolute Gasteiger partial charge is 0.251 e. The summed E-state index contributed by atoms with van der Waals surface area (Å²) in [5, 5.41) is 9.14. The van der Waals surface area contributed by atoms with E-state index in [0.29, 0.717) is 12.6 Å². The second-order valence-corrected chi connectivity index (χ2v) is 4.24. The molecule has 0 rings (SSSR count). The van der Waals surface area contributed by atoms with Gasteiger partial charge in [-0.05, 0) is 19.3 Å². The standard InChI is InChI=1S/C12H27N3O2/c1-4-7-11(12(17)14-13)15(8-9-16)10(5-2)6-3/h10-11,16H,4-9,13H2,1-3H3,(H,14,17). The minimum atomic E-state index is -0.234. The highest BCUT2D eigenvalue weighted by Gasteiger charge is 2.28. The molecule has 0 aliphatic heterocycles. The number of nitrogens with zero attached hydrogens (tertiary/aromatic N) is 1. The van der Waals surface area contributed by atoms with E-state index in [1.165, 1.54) is 0 Å². The second kappa shape index (κ2) is 9.39. The molecule has 0 aromatic carbocycles. The van der Waals surface area contributed by atoms with Crippen molar-refractivity contribution in [3.8, 4) is 0 Å². The summed E-state index contributed by atoms with van der Waals surface area (Å²) in [7, 11) is 0. The zero-order chi connectivity index (χ0) is 13.3. The molecule has 0 radical (unpaired) electrons. The van der Waals surface area contributed by atoms with Crippen molar-refractivity contribution >= 4 is 5.91 Å². The van der Waals surface area contributed by atoms with E-state index in [9.17, 15) is 4.79 Å². The lowest BCUT2D eigenvalue weighted by molar-refractivity contribution is -0.128. The van der Waals surface area contributed by atoms with E-state index >= 15 is 0 Å². The number of aliphatic hydroxyl groups excluding tert-OH is 1. The van der Waals surface area contributed by atoms with Gasteiger partial charge in [0.2, 0.25) is 0 Å². The average molecular weight is 245 g/mol. The minimum absolute atomic E-state index is 0.0641. The van der Waals surface area contributed by atoms with Gasteiger partial charge in [-0.15, -0.1) is 0 Å². The quantitative estimate of drug-likeness (QED) is 0.316. The van der Waals surface area contributed by atoms with Crippen LogP contribution < -0.4 is 11.3 Å². The summed E-state index contributed by atoms with van der Waals surface area (Å²) in [5.74, 6) is 5.07. The predicted molar refractivity (Wildman–Crippen MR) is 69.2 cm³/mol. The lowest BCUT2D eigenvalue weighted by Crippen LogP contribution is -2.53. The van der Waals surface area contributed by atoms with Gasteiger partial charge in [-0.3, -0.25) is 15.1 Å². The molecule has 0 aliphatic rings. The fourth-order valence-electron chi connectivity index (χ4n) is 2.28. The summed E-state index contributed by atoms with van der Waals surface area (Å²) in [5.41, 5.74) is 2.23. The zero-order valence-electron chi connectivity index (χ0n) is 11.3. The normalized spacial score (nSPS) is 13.1. The summed E-state index contributed by atoms with van der Waals surface area (Å²) in [6, 6.07) is 0.0815. The van der Waals surface area contributed by atoms with Crippen molar-refractivity contribution in [2.45, 2.75) is 58.5 Å². The van der Waals surface area contributed by atoms with Crippen LogP contribution >= 0.6 is 0 Å². The van der Waals surface area contributed by atoms with E-state index in [1.807, 2.05) is 6.92 Å². The van der Waals surface area contributed by atoms with Crippen LogP contribution in [0.15, 0.2) is 0 Å². The number of nitrogens with one attached hydrogen (secondary N) is 1. The first-order chi connectivity index (χ1) is 8.15. The molecule has 5 heteroatoms. The molecule has 0 spiro atoms. The third-order valence-electron chi connectivity index (χ3n) is 3.18. The number of rotatable bonds is 9. The largest absolute Gasteiger partial charge is 0.395 e. The van der Waals surface area contributed by atoms with Gasteiger partial charge in [-0.1, -0.05) is 27.2 Å². The Bertz CT molecular complexity index is 208. The Morgan fingerprint density at radius 2 is 1.94 bits per heavy atom. The maximum atomic E-state index is 11.8. The van der Waals surface area contributed by atoms with Gasteiger partial charge in [0, 0.05) is 12.6 Å². The highest BCUT2D eigenvalue weighted by molar-refractivity contribution is 5.81. The number of hydrogen-bond acceptors (Lipinski definition) is 4. The molecule has 0 fully saturated rings. The second-order valence-electron chi connectivity index (χ2n) is 4.24. The maximum absolute atomic E-state index is 11.8. The van der Waals surface area contributed by atoms with Gasteiger partial charge in [-0.2, -0.15) is 0 Å². The monoisotopic (exact) mass is 245 g/mol. The Hall–Kier alpha value is -0.650. The average Bonchev–Trinajstić information content (AvgIpc) is 2.35. The topological polar surface area (TPSA) is 78.6 Å². The fraction of sp³-hybridized carbons (Fsp3) is 0.917. The van der Waals surface area contributed by atoms with Crippen LogP contribution in [0.1, 0.15) is 46.5 Å². The molecule has 0 saturated heterocycles. The molecule has 1 atom stereocenters. The van der Waals surface area contributed by atoms with Crippen LogP contribution in [-0.4, -0.2) is 41.1 Å². The van der Waals surface area contributed by atoms with Crippen molar-refractivity contribution in [1.29, 1.82) is 0 Å². The van der Waals surface area contributed by atoms with E-state index in [4.69, 9.17) is 10.9 Å². The van der Waals surface area contributed by atoms with Crippen LogP contribution in [0.2, 0.25) is 0 Å². The first-order valence-electron chi connectivity index (χ1n) is 6.53. The Morgan fingerprint density at radius 3 is 2.29 bits per heavy atom. The predicted octanol–water partition coefficient (Wildman–Crippen LogP) is 0.628. The van der Waals surface area contributed by atoms with E-state index in [0.717, 1.165) is 25.7 Å². The van der Waals surface area contributed by atoms with Crippen molar-refractivity contribution in [2.75, 3.05) is 13.2 Å². The molecule has 5 nitrogen and oxygen atoms in total. The van der Waals surface area contributed by atoms with Gasteiger partial charge in [0.05, 0.1) is 12.6 Å². The number of aliphatic hydroxyl groups is 1. The molecule has 0 bridgehead atoms. The Labute approximate surface area is 104 Å². The summed E-state index contributed by atoms with van der Waals surface area (Å²) >= 11 is 0. The Morgan fingerprint density at radius 1 is 1.35 bits per heavy atom. The van der Waals surface area contributed by atoms with Gasteiger partial charge in [-0.25, -0.2) is 5.84 Å². The van der Waals surface area contributed by atoms with Crippen molar-refractivity contribution in [3.05, 3.63) is 0 Å². The fourth-order valence-corrected chi connectivity index (χ4v) is 2.28. The van der Waals surface area contributed by atoms with Crippen LogP contribution in [0.4, 0.5) is 0 Å². The van der Waals surface area contributed by atoms with Crippen molar-refractivity contribution in [1.82, 2.24) is 10.3 Å². The van der Waals surface area contributed by atoms with E-state index in [1.54, 1.807) is 0 Å². The molecular weight excluding hydrogens is 218 g/mol. The lowest BCUT2D eigenvalue weighted by Gasteiger charge is -2.35. The summed E-state index contributed by atoms with van der Waals surface area (Å²) in [4.78, 5) is 13.9. The van der Waals surface area contributed by atoms with E-state index in [2.05, 4.69) is 24.2 Å². The molecular formula is C12H27N3O2. The number of nitrogens with two attached hydrogens (primary N) is 1.